The Balaban J connectivity index is 1.14. The molecule has 2 aromatic carbocycles. The molecule has 8 nitrogen and oxygen atoms in total. The van der Waals surface area contributed by atoms with Crippen molar-refractivity contribution < 1.29 is 19.7 Å². The molecule has 0 radical (unpaired) electrons. The van der Waals surface area contributed by atoms with E-state index in [-0.39, 0.29) is 25.5 Å². The highest BCUT2D eigenvalue weighted by molar-refractivity contribution is 5.79. The topological polar surface area (TPSA) is 120 Å². The number of carbonyl (C=O) groups is 1. The van der Waals surface area contributed by atoms with E-state index in [9.17, 15) is 15.0 Å². The van der Waals surface area contributed by atoms with Gasteiger partial charge in [0.1, 0.15) is 12.7 Å². The number of aliphatic hydroxyl groups is 2. The monoisotopic (exact) mass is 444 g/mol. The lowest BCUT2D eigenvalue weighted by molar-refractivity contribution is 0.0119. The molecule has 168 valence electrons. The van der Waals surface area contributed by atoms with Gasteiger partial charge in [-0.05, 0) is 40.8 Å². The summed E-state index contributed by atoms with van der Waals surface area (Å²) in [5.74, 6) is -0.0159. The minimum Gasteiger partial charge on any atom is -0.449 e. The minimum atomic E-state index is -1.18. The summed E-state index contributed by atoms with van der Waals surface area (Å²) in [7, 11) is 0. The van der Waals surface area contributed by atoms with Crippen molar-refractivity contribution in [2.24, 2.45) is 0 Å². The molecule has 33 heavy (non-hydrogen) atoms. The molecule has 0 bridgehead atoms. The molecule has 0 fully saturated rings. The number of carbonyl (C=O) groups excluding carboxylic acids is 1. The van der Waals surface area contributed by atoms with Crippen LogP contribution in [-0.2, 0) is 4.74 Å². The number of hydrogen-bond donors (Lipinski definition) is 4. The molecule has 5 rings (SSSR count). The van der Waals surface area contributed by atoms with Crippen molar-refractivity contribution in [3.8, 4) is 11.1 Å². The Morgan fingerprint density at radius 1 is 1.03 bits per heavy atom. The molecule has 2 aromatic heterocycles. The Morgan fingerprint density at radius 3 is 2.45 bits per heavy atom. The summed E-state index contributed by atoms with van der Waals surface area (Å²) in [5, 5.41) is 30.9. The molecule has 0 saturated carbocycles. The highest BCUT2D eigenvalue weighted by atomic mass is 16.5. The molecule has 1 aliphatic carbocycles. The molecule has 4 aromatic rings. The average molecular weight is 444 g/mol. The van der Waals surface area contributed by atoms with Gasteiger partial charge in [0.05, 0.1) is 11.8 Å². The lowest BCUT2D eigenvalue weighted by Crippen LogP contribution is -2.30. The van der Waals surface area contributed by atoms with Crippen LogP contribution < -0.4 is 5.32 Å². The number of rotatable bonds is 7. The van der Waals surface area contributed by atoms with Crippen LogP contribution in [0.15, 0.2) is 66.9 Å². The number of aliphatic hydroxyl groups excluding tert-OH is 2. The maximum absolute atomic E-state index is 12.3. The van der Waals surface area contributed by atoms with Crippen molar-refractivity contribution in [2.45, 2.75) is 24.5 Å². The van der Waals surface area contributed by atoms with Gasteiger partial charge in [0, 0.05) is 24.0 Å². The second kappa shape index (κ2) is 9.01. The molecule has 1 amide bonds. The van der Waals surface area contributed by atoms with Gasteiger partial charge in [-0.2, -0.15) is 5.10 Å². The second-order valence-corrected chi connectivity index (χ2v) is 8.07. The Kier molecular flexibility index (Phi) is 5.77. The van der Waals surface area contributed by atoms with Gasteiger partial charge in [-0.1, -0.05) is 48.5 Å². The van der Waals surface area contributed by atoms with Gasteiger partial charge in [-0.25, -0.2) is 9.78 Å². The summed E-state index contributed by atoms with van der Waals surface area (Å²) in [6, 6.07) is 19.8. The Bertz CT molecular complexity index is 1240. The van der Waals surface area contributed by atoms with Crippen LogP contribution in [0, 0.1) is 0 Å². The summed E-state index contributed by atoms with van der Waals surface area (Å²) >= 11 is 0. The molecular formula is C25H24N4O4. The quantitative estimate of drug-likeness (QED) is 0.347. The van der Waals surface area contributed by atoms with Crippen LogP contribution in [0.25, 0.3) is 22.2 Å². The largest absolute Gasteiger partial charge is 0.449 e. The van der Waals surface area contributed by atoms with E-state index in [0.717, 1.165) is 11.1 Å². The van der Waals surface area contributed by atoms with E-state index in [0.29, 0.717) is 16.7 Å². The first kappa shape index (κ1) is 21.1. The number of amides is 1. The first-order valence-electron chi connectivity index (χ1n) is 10.9. The summed E-state index contributed by atoms with van der Waals surface area (Å²) in [4.78, 5) is 16.4. The lowest BCUT2D eigenvalue weighted by atomic mass is 9.98. The van der Waals surface area contributed by atoms with E-state index in [4.69, 9.17) is 4.74 Å². The zero-order chi connectivity index (χ0) is 22.8. The van der Waals surface area contributed by atoms with E-state index >= 15 is 0 Å². The second-order valence-electron chi connectivity index (χ2n) is 8.07. The third kappa shape index (κ3) is 4.06. The first-order chi connectivity index (χ1) is 16.1. The Labute approximate surface area is 190 Å². The van der Waals surface area contributed by atoms with E-state index in [1.807, 2.05) is 24.3 Å². The minimum absolute atomic E-state index is 0.0159. The zero-order valence-corrected chi connectivity index (χ0v) is 17.8. The fourth-order valence-corrected chi connectivity index (χ4v) is 4.42. The number of pyridine rings is 1. The number of H-pyrrole nitrogens is 1. The first-order valence-corrected chi connectivity index (χ1v) is 10.9. The number of ether oxygens (including phenoxy) is 1. The maximum Gasteiger partial charge on any atom is 0.407 e. The van der Waals surface area contributed by atoms with Crippen molar-refractivity contribution in [1.82, 2.24) is 20.5 Å². The third-order valence-electron chi connectivity index (χ3n) is 6.07. The molecule has 2 atom stereocenters. The van der Waals surface area contributed by atoms with Crippen LogP contribution in [0.4, 0.5) is 4.79 Å². The van der Waals surface area contributed by atoms with Gasteiger partial charge in [0.2, 0.25) is 0 Å². The summed E-state index contributed by atoms with van der Waals surface area (Å²) in [6.07, 6.45) is -1.08. The molecule has 2 heterocycles. The molecule has 8 heteroatoms. The number of aromatic nitrogens is 3. The van der Waals surface area contributed by atoms with Gasteiger partial charge in [-0.3, -0.25) is 5.10 Å². The van der Waals surface area contributed by atoms with Crippen LogP contribution in [0.2, 0.25) is 0 Å². The van der Waals surface area contributed by atoms with Crippen molar-refractivity contribution in [3.63, 3.8) is 0 Å². The average Bonchev–Trinajstić information content (AvgIpc) is 3.42. The normalized spacial score (nSPS) is 14.5. The standard InChI is InChI=1S/C25H24N4O4/c30-21(23(31)22-19-10-5-12-26-24(19)29-28-22)11-13-27-25(32)33-14-20-17-8-3-1-6-15(17)16-7-2-4-9-18(16)20/h1-10,12,20-21,23,30-31H,11,13-14H2,(H,27,32)(H,26,28,29). The van der Waals surface area contributed by atoms with Crippen molar-refractivity contribution in [3.05, 3.63) is 83.7 Å². The van der Waals surface area contributed by atoms with Crippen LogP contribution in [0.5, 0.6) is 0 Å². The highest BCUT2D eigenvalue weighted by Gasteiger charge is 2.29. The lowest BCUT2D eigenvalue weighted by Gasteiger charge is -2.18. The number of nitrogens with zero attached hydrogens (tertiary/aromatic N) is 2. The number of benzene rings is 2. The van der Waals surface area contributed by atoms with Gasteiger partial charge < -0.3 is 20.3 Å². The third-order valence-corrected chi connectivity index (χ3v) is 6.07. The predicted molar refractivity (Wildman–Crippen MR) is 123 cm³/mol. The summed E-state index contributed by atoms with van der Waals surface area (Å²) in [6.45, 7) is 0.372. The van der Waals surface area contributed by atoms with Gasteiger partial charge in [0.25, 0.3) is 0 Å². The Morgan fingerprint density at radius 2 is 1.73 bits per heavy atom. The summed E-state index contributed by atoms with van der Waals surface area (Å²) < 4.78 is 5.49. The van der Waals surface area contributed by atoms with Gasteiger partial charge >= 0.3 is 6.09 Å². The molecule has 0 aliphatic heterocycles. The van der Waals surface area contributed by atoms with Gasteiger partial charge in [0.15, 0.2) is 5.65 Å². The number of hydrogen-bond acceptors (Lipinski definition) is 6. The Hall–Kier alpha value is -3.75. The van der Waals surface area contributed by atoms with Crippen LogP contribution in [0.3, 0.4) is 0 Å². The van der Waals surface area contributed by atoms with E-state index in [1.165, 1.54) is 11.1 Å². The van der Waals surface area contributed by atoms with E-state index in [2.05, 4.69) is 44.8 Å². The molecule has 2 unspecified atom stereocenters. The van der Waals surface area contributed by atoms with Crippen LogP contribution in [-0.4, -0.2) is 50.7 Å². The molecule has 4 N–H and O–H groups in total. The fraction of sp³-hybridized carbons (Fsp3) is 0.240. The predicted octanol–water partition coefficient (Wildman–Crippen LogP) is 3.28. The SMILES string of the molecule is O=C(NCCC(O)C(O)c1[nH]nc2ncccc12)OCC1c2ccccc2-c2ccccc21. The molecule has 1 aliphatic rings. The van der Waals surface area contributed by atoms with Gasteiger partial charge in [-0.15, -0.1) is 0 Å². The van der Waals surface area contributed by atoms with Crippen molar-refractivity contribution in [2.75, 3.05) is 13.2 Å². The molecule has 0 saturated heterocycles. The molecule has 0 spiro atoms. The van der Waals surface area contributed by atoms with Crippen LogP contribution >= 0.6 is 0 Å². The smallest absolute Gasteiger partial charge is 0.407 e. The highest BCUT2D eigenvalue weighted by Crippen LogP contribution is 2.44. The fourth-order valence-electron chi connectivity index (χ4n) is 4.42. The number of fused-ring (bicyclic) bond motifs is 4. The van der Waals surface area contributed by atoms with Crippen molar-refractivity contribution >= 4 is 17.1 Å². The number of aromatic amines is 1. The molecular weight excluding hydrogens is 420 g/mol. The summed E-state index contributed by atoms with van der Waals surface area (Å²) in [5.41, 5.74) is 5.49. The maximum atomic E-state index is 12.3. The van der Waals surface area contributed by atoms with E-state index < -0.39 is 18.3 Å². The van der Waals surface area contributed by atoms with Crippen LogP contribution in [0.1, 0.15) is 35.3 Å². The number of nitrogens with one attached hydrogen (secondary N) is 2. The van der Waals surface area contributed by atoms with E-state index in [1.54, 1.807) is 18.3 Å². The number of alkyl carbamates (subject to hydrolysis) is 1. The zero-order valence-electron chi connectivity index (χ0n) is 17.8. The van der Waals surface area contributed by atoms with Crippen molar-refractivity contribution in [1.29, 1.82) is 0 Å².